The summed E-state index contributed by atoms with van der Waals surface area (Å²) in [5.41, 5.74) is 0.591. The maximum atomic E-state index is 11.7. The van der Waals surface area contributed by atoms with Gasteiger partial charge in [0, 0.05) is 30.1 Å². The Kier molecular flexibility index (Phi) is 6.12. The number of esters is 2. The highest BCUT2D eigenvalue weighted by molar-refractivity contribution is 6.30. The summed E-state index contributed by atoms with van der Waals surface area (Å²) in [6.45, 7) is 6.12. The summed E-state index contributed by atoms with van der Waals surface area (Å²) < 4.78 is 9.75. The van der Waals surface area contributed by atoms with Crippen LogP contribution in [-0.2, 0) is 23.9 Å². The van der Waals surface area contributed by atoms with E-state index in [-0.39, 0.29) is 11.5 Å². The first kappa shape index (κ1) is 17.7. The van der Waals surface area contributed by atoms with Gasteiger partial charge in [-0.3, -0.25) is 9.59 Å². The third-order valence-corrected chi connectivity index (χ3v) is 2.89. The maximum absolute atomic E-state index is 11.7. The molecule has 0 aliphatic carbocycles. The third kappa shape index (κ3) is 4.60. The SMILES string of the molecule is C=C(C(=O)OC)C(OC(C)=O)c1cc(Cl)ccc1NC(C)=O. The maximum Gasteiger partial charge on any atom is 0.337 e. The van der Waals surface area contributed by atoms with Gasteiger partial charge in [-0.1, -0.05) is 18.2 Å². The molecule has 1 aromatic rings. The van der Waals surface area contributed by atoms with Gasteiger partial charge in [0.2, 0.25) is 5.91 Å². The molecule has 1 amide bonds. The molecule has 1 rings (SSSR count). The Hall–Kier alpha value is -2.34. The highest BCUT2D eigenvalue weighted by atomic mass is 35.5. The first-order valence-corrected chi connectivity index (χ1v) is 6.65. The fourth-order valence-electron chi connectivity index (χ4n) is 1.78. The molecular weight excluding hydrogens is 310 g/mol. The summed E-state index contributed by atoms with van der Waals surface area (Å²) in [5, 5.41) is 2.93. The van der Waals surface area contributed by atoms with Crippen molar-refractivity contribution in [2.75, 3.05) is 12.4 Å². The minimum Gasteiger partial charge on any atom is -0.466 e. The molecule has 1 atom stereocenters. The van der Waals surface area contributed by atoms with Crippen molar-refractivity contribution < 1.29 is 23.9 Å². The quantitative estimate of drug-likeness (QED) is 0.664. The van der Waals surface area contributed by atoms with Gasteiger partial charge < -0.3 is 14.8 Å². The fraction of sp³-hybridized carbons (Fsp3) is 0.267. The lowest BCUT2D eigenvalue weighted by Crippen LogP contribution is -2.19. The van der Waals surface area contributed by atoms with Gasteiger partial charge in [0.15, 0.2) is 6.10 Å². The predicted octanol–water partition coefficient (Wildman–Crippen LogP) is 2.63. The lowest BCUT2D eigenvalue weighted by atomic mass is 10.0. The Morgan fingerprint density at radius 2 is 1.91 bits per heavy atom. The molecule has 0 spiro atoms. The van der Waals surface area contributed by atoms with Gasteiger partial charge in [-0.05, 0) is 18.2 Å². The zero-order valence-electron chi connectivity index (χ0n) is 12.4. The van der Waals surface area contributed by atoms with Crippen LogP contribution in [0.25, 0.3) is 0 Å². The van der Waals surface area contributed by atoms with Gasteiger partial charge in [-0.15, -0.1) is 0 Å². The molecule has 0 aliphatic rings. The molecule has 6 nitrogen and oxygen atoms in total. The van der Waals surface area contributed by atoms with Crippen LogP contribution in [0, 0.1) is 0 Å². The smallest absolute Gasteiger partial charge is 0.337 e. The number of hydrogen-bond acceptors (Lipinski definition) is 5. The van der Waals surface area contributed by atoms with E-state index >= 15 is 0 Å². The fourth-order valence-corrected chi connectivity index (χ4v) is 1.96. The molecule has 118 valence electrons. The Balaban J connectivity index is 3.37. The van der Waals surface area contributed by atoms with Crippen LogP contribution in [-0.4, -0.2) is 25.0 Å². The zero-order valence-corrected chi connectivity index (χ0v) is 13.2. The van der Waals surface area contributed by atoms with E-state index in [0.717, 1.165) is 0 Å². The van der Waals surface area contributed by atoms with E-state index in [1.165, 1.54) is 27.0 Å². The minimum atomic E-state index is -1.12. The van der Waals surface area contributed by atoms with Crippen LogP contribution in [0.5, 0.6) is 0 Å². The molecule has 0 saturated heterocycles. The number of ether oxygens (including phenoxy) is 2. The second kappa shape index (κ2) is 7.61. The van der Waals surface area contributed by atoms with E-state index in [1.54, 1.807) is 12.1 Å². The van der Waals surface area contributed by atoms with Crippen LogP contribution >= 0.6 is 11.6 Å². The van der Waals surface area contributed by atoms with Gasteiger partial charge >= 0.3 is 11.9 Å². The molecular formula is C15H16ClNO5. The van der Waals surface area contributed by atoms with Crippen LogP contribution in [0.4, 0.5) is 5.69 Å². The van der Waals surface area contributed by atoms with Crippen molar-refractivity contribution in [3.05, 3.63) is 40.9 Å². The summed E-state index contributed by atoms with van der Waals surface area (Å²) in [4.78, 5) is 34.3. The Labute approximate surface area is 133 Å². The summed E-state index contributed by atoms with van der Waals surface area (Å²) in [5.74, 6) is -1.68. The summed E-state index contributed by atoms with van der Waals surface area (Å²) >= 11 is 5.95. The predicted molar refractivity (Wildman–Crippen MR) is 81.4 cm³/mol. The average molecular weight is 326 g/mol. The standard InChI is InChI=1S/C15H16ClNO5/c1-8(15(20)21-4)14(22-10(3)19)12-7-11(16)5-6-13(12)17-9(2)18/h5-7,14H,1H2,2-4H3,(H,17,18). The van der Waals surface area contributed by atoms with E-state index in [4.69, 9.17) is 16.3 Å². The normalized spacial score (nSPS) is 11.3. The molecule has 7 heteroatoms. The summed E-state index contributed by atoms with van der Waals surface area (Å²) in [6, 6.07) is 4.58. The minimum absolute atomic E-state index is 0.0911. The lowest BCUT2D eigenvalue weighted by Gasteiger charge is -2.21. The van der Waals surface area contributed by atoms with Gasteiger partial charge in [0.1, 0.15) is 0 Å². The van der Waals surface area contributed by atoms with Gasteiger partial charge in [0.05, 0.1) is 12.7 Å². The van der Waals surface area contributed by atoms with Crippen LogP contribution < -0.4 is 5.32 Å². The molecule has 0 radical (unpaired) electrons. The van der Waals surface area contributed by atoms with Crippen molar-refractivity contribution in [3.8, 4) is 0 Å². The summed E-state index contributed by atoms with van der Waals surface area (Å²) in [6.07, 6.45) is -1.12. The first-order chi connectivity index (χ1) is 10.3. The molecule has 0 heterocycles. The largest absolute Gasteiger partial charge is 0.466 e. The second-order valence-corrected chi connectivity index (χ2v) is 4.86. The van der Waals surface area contributed by atoms with Crippen molar-refractivity contribution >= 4 is 35.1 Å². The molecule has 0 fully saturated rings. The highest BCUT2D eigenvalue weighted by Gasteiger charge is 2.27. The van der Waals surface area contributed by atoms with Crippen LogP contribution in [0.3, 0.4) is 0 Å². The number of carbonyl (C=O) groups excluding carboxylic acids is 3. The van der Waals surface area contributed by atoms with Gasteiger partial charge in [-0.25, -0.2) is 4.79 Å². The van der Waals surface area contributed by atoms with Crippen molar-refractivity contribution in [1.82, 2.24) is 0 Å². The second-order valence-electron chi connectivity index (χ2n) is 4.42. The first-order valence-electron chi connectivity index (χ1n) is 6.27. The monoisotopic (exact) mass is 325 g/mol. The number of amides is 1. The van der Waals surface area contributed by atoms with Crippen molar-refractivity contribution in [2.24, 2.45) is 0 Å². The van der Waals surface area contributed by atoms with E-state index < -0.39 is 18.0 Å². The molecule has 1 unspecified atom stereocenters. The summed E-state index contributed by atoms with van der Waals surface area (Å²) in [7, 11) is 1.19. The number of nitrogens with one attached hydrogen (secondary N) is 1. The van der Waals surface area contributed by atoms with Gasteiger partial charge in [0.25, 0.3) is 0 Å². The number of methoxy groups -OCH3 is 1. The Morgan fingerprint density at radius 3 is 2.41 bits per heavy atom. The molecule has 1 aromatic carbocycles. The number of halogens is 1. The average Bonchev–Trinajstić information content (AvgIpc) is 2.44. The van der Waals surface area contributed by atoms with E-state index in [2.05, 4.69) is 16.6 Å². The van der Waals surface area contributed by atoms with E-state index in [9.17, 15) is 14.4 Å². The molecule has 1 N–H and O–H groups in total. The Morgan fingerprint density at radius 1 is 1.27 bits per heavy atom. The number of anilines is 1. The van der Waals surface area contributed by atoms with Crippen LogP contribution in [0.15, 0.2) is 30.4 Å². The Bertz CT molecular complexity index is 626. The van der Waals surface area contributed by atoms with Crippen LogP contribution in [0.2, 0.25) is 5.02 Å². The van der Waals surface area contributed by atoms with Crippen molar-refractivity contribution in [1.29, 1.82) is 0 Å². The molecule has 0 aliphatic heterocycles. The molecule has 0 saturated carbocycles. The molecule has 22 heavy (non-hydrogen) atoms. The van der Waals surface area contributed by atoms with Crippen molar-refractivity contribution in [3.63, 3.8) is 0 Å². The number of hydrogen-bond donors (Lipinski definition) is 1. The lowest BCUT2D eigenvalue weighted by molar-refractivity contribution is -0.147. The third-order valence-electron chi connectivity index (χ3n) is 2.65. The van der Waals surface area contributed by atoms with Crippen molar-refractivity contribution in [2.45, 2.75) is 20.0 Å². The zero-order chi connectivity index (χ0) is 16.9. The number of benzene rings is 1. The van der Waals surface area contributed by atoms with E-state index in [0.29, 0.717) is 16.3 Å². The number of rotatable bonds is 5. The topological polar surface area (TPSA) is 81.7 Å². The van der Waals surface area contributed by atoms with E-state index in [1.807, 2.05) is 0 Å². The highest BCUT2D eigenvalue weighted by Crippen LogP contribution is 2.33. The number of carbonyl (C=O) groups is 3. The van der Waals surface area contributed by atoms with Crippen LogP contribution in [0.1, 0.15) is 25.5 Å². The molecule has 0 aromatic heterocycles. The molecule has 0 bridgehead atoms. The van der Waals surface area contributed by atoms with Gasteiger partial charge in [-0.2, -0.15) is 0 Å².